The van der Waals surface area contributed by atoms with Gasteiger partial charge in [-0.1, -0.05) is 0 Å². The molecule has 0 aromatic carbocycles. The number of aliphatic hydroxyl groups is 1. The number of hydrogen-bond acceptors (Lipinski definition) is 3. The van der Waals surface area contributed by atoms with Gasteiger partial charge in [0, 0.05) is 0 Å². The van der Waals surface area contributed by atoms with E-state index in [-0.39, 0.29) is 0 Å². The number of rotatable bonds is 4. The van der Waals surface area contributed by atoms with E-state index in [4.69, 9.17) is 4.74 Å². The van der Waals surface area contributed by atoms with Crippen LogP contribution in [-0.2, 0) is 4.74 Å². The van der Waals surface area contributed by atoms with E-state index >= 15 is 0 Å². The zero-order valence-electron chi connectivity index (χ0n) is 10.8. The van der Waals surface area contributed by atoms with Gasteiger partial charge in [-0.2, -0.15) is 8.78 Å². The van der Waals surface area contributed by atoms with Crippen molar-refractivity contribution < 1.29 is 18.6 Å². The van der Waals surface area contributed by atoms with Gasteiger partial charge in [-0.05, 0) is 61.2 Å². The molecule has 6 atom stereocenters. The van der Waals surface area contributed by atoms with Crippen LogP contribution in [0.2, 0.25) is 0 Å². The molecule has 0 heterocycles. The van der Waals surface area contributed by atoms with E-state index in [1.165, 1.54) is 12.8 Å². The molecule has 4 aliphatic carbocycles. The lowest BCUT2D eigenvalue weighted by Gasteiger charge is -2.72. The molecule has 0 aromatic heterocycles. The van der Waals surface area contributed by atoms with Gasteiger partial charge in [0.05, 0.1) is 12.2 Å². The van der Waals surface area contributed by atoms with Gasteiger partial charge in [-0.25, -0.2) is 0 Å². The summed E-state index contributed by atoms with van der Waals surface area (Å²) in [7, 11) is 0. The van der Waals surface area contributed by atoms with Gasteiger partial charge < -0.3 is 9.84 Å². The smallest absolute Gasteiger partial charge is 0.314 e. The molecule has 4 rings (SSSR count). The van der Waals surface area contributed by atoms with E-state index in [2.05, 4.69) is 12.6 Å². The Morgan fingerprint density at radius 1 is 1.26 bits per heavy atom. The van der Waals surface area contributed by atoms with E-state index in [0.717, 1.165) is 25.2 Å². The second-order valence-corrected chi connectivity index (χ2v) is 8.02. The Labute approximate surface area is 117 Å². The van der Waals surface area contributed by atoms with Gasteiger partial charge in [-0.3, -0.25) is 0 Å². The molecule has 6 unspecified atom stereocenters. The molecule has 4 aliphatic rings. The maximum absolute atomic E-state index is 12.6. The molecule has 4 saturated carbocycles. The third-order valence-electron chi connectivity index (χ3n) is 6.34. The third-order valence-corrected chi connectivity index (χ3v) is 6.47. The van der Waals surface area contributed by atoms with Crippen LogP contribution in [0.4, 0.5) is 8.78 Å². The molecule has 2 bridgehead atoms. The van der Waals surface area contributed by atoms with E-state index in [9.17, 15) is 13.9 Å². The second kappa shape index (κ2) is 3.66. The summed E-state index contributed by atoms with van der Waals surface area (Å²) in [6, 6.07) is 0. The molecular formula is C14H20F2O2S. The zero-order chi connectivity index (χ0) is 13.5. The fourth-order valence-electron chi connectivity index (χ4n) is 5.88. The Morgan fingerprint density at radius 3 is 2.74 bits per heavy atom. The molecule has 0 amide bonds. The van der Waals surface area contributed by atoms with Gasteiger partial charge in [0.2, 0.25) is 0 Å². The van der Waals surface area contributed by atoms with Crippen LogP contribution in [0.25, 0.3) is 0 Å². The summed E-state index contributed by atoms with van der Waals surface area (Å²) in [5.74, 6) is 2.31. The highest BCUT2D eigenvalue weighted by atomic mass is 32.1. The van der Waals surface area contributed by atoms with Gasteiger partial charge in [0.25, 0.3) is 0 Å². The second-order valence-electron chi connectivity index (χ2n) is 7.37. The predicted octanol–water partition coefficient (Wildman–Crippen LogP) is 2.71. The topological polar surface area (TPSA) is 29.5 Å². The zero-order valence-corrected chi connectivity index (χ0v) is 11.7. The van der Waals surface area contributed by atoms with Crippen LogP contribution in [0.5, 0.6) is 0 Å². The number of alkyl halides is 2. The predicted molar refractivity (Wildman–Crippen MR) is 69.2 cm³/mol. The average Bonchev–Trinajstić information content (AvgIpc) is 2.57. The number of halogens is 2. The van der Waals surface area contributed by atoms with E-state index < -0.39 is 17.5 Å². The van der Waals surface area contributed by atoms with E-state index in [1.54, 1.807) is 0 Å². The van der Waals surface area contributed by atoms with Crippen molar-refractivity contribution in [2.75, 3.05) is 13.2 Å². The van der Waals surface area contributed by atoms with Crippen LogP contribution >= 0.6 is 12.6 Å². The Bertz CT molecular complexity index is 413. The summed E-state index contributed by atoms with van der Waals surface area (Å²) in [5.41, 5.74) is -0.0510. The van der Waals surface area contributed by atoms with Crippen molar-refractivity contribution in [2.45, 2.75) is 43.0 Å². The van der Waals surface area contributed by atoms with Crippen LogP contribution in [0.3, 0.4) is 0 Å². The summed E-state index contributed by atoms with van der Waals surface area (Å²) in [5, 5.41) is 7.50. The van der Waals surface area contributed by atoms with Gasteiger partial charge in [0.1, 0.15) is 6.61 Å². The SMILES string of the molecule is OC12CCC3(CC4C(COCC(F)(F)S)C(C1)C43)C2. The molecule has 0 saturated heterocycles. The summed E-state index contributed by atoms with van der Waals surface area (Å²) in [4.78, 5) is 0. The Balaban J connectivity index is 1.40. The third kappa shape index (κ3) is 1.74. The van der Waals surface area contributed by atoms with Gasteiger partial charge in [0.15, 0.2) is 0 Å². The standard InChI is InChI=1S/C14H20F2O2S/c15-14(16,19)7-18-5-10-8-3-12-1-2-13(17,6-12)4-9(10)11(8)12/h8-11,17,19H,1-7H2. The van der Waals surface area contributed by atoms with Gasteiger partial charge in [-0.15, -0.1) is 12.6 Å². The van der Waals surface area contributed by atoms with Crippen LogP contribution < -0.4 is 0 Å². The highest BCUT2D eigenvalue weighted by Gasteiger charge is 2.74. The maximum Gasteiger partial charge on any atom is 0.314 e. The summed E-state index contributed by atoms with van der Waals surface area (Å²) < 4.78 is 30.4. The molecular weight excluding hydrogens is 270 g/mol. The summed E-state index contributed by atoms with van der Waals surface area (Å²) in [6.45, 7) is -0.194. The fraction of sp³-hybridized carbons (Fsp3) is 1.00. The molecule has 0 radical (unpaired) electrons. The Morgan fingerprint density at radius 2 is 2.00 bits per heavy atom. The molecule has 1 N–H and O–H groups in total. The first kappa shape index (κ1) is 12.8. The lowest BCUT2D eigenvalue weighted by atomic mass is 9.33. The molecule has 4 fully saturated rings. The van der Waals surface area contributed by atoms with Crippen LogP contribution in [-0.4, -0.2) is 29.2 Å². The molecule has 108 valence electrons. The maximum atomic E-state index is 12.6. The van der Waals surface area contributed by atoms with Crippen LogP contribution in [0, 0.1) is 29.1 Å². The van der Waals surface area contributed by atoms with Crippen LogP contribution in [0.1, 0.15) is 32.1 Å². The van der Waals surface area contributed by atoms with Crippen molar-refractivity contribution in [1.29, 1.82) is 0 Å². The van der Waals surface area contributed by atoms with E-state index in [0.29, 0.717) is 29.8 Å². The minimum atomic E-state index is -3.03. The minimum absolute atomic E-state index is 0.388. The van der Waals surface area contributed by atoms with Crippen LogP contribution in [0.15, 0.2) is 0 Å². The van der Waals surface area contributed by atoms with Crippen molar-refractivity contribution in [2.24, 2.45) is 29.1 Å². The van der Waals surface area contributed by atoms with Gasteiger partial charge >= 0.3 is 5.25 Å². The first-order chi connectivity index (χ1) is 8.82. The minimum Gasteiger partial charge on any atom is -0.390 e. The molecule has 2 nitrogen and oxygen atoms in total. The highest BCUT2D eigenvalue weighted by Crippen LogP contribution is 2.78. The Hall–Kier alpha value is 0.130. The summed E-state index contributed by atoms with van der Waals surface area (Å²) >= 11 is 3.18. The average molecular weight is 290 g/mol. The summed E-state index contributed by atoms with van der Waals surface area (Å²) in [6.07, 6.45) is 5.14. The number of fused-ring (bicyclic) bond motifs is 1. The lowest BCUT2D eigenvalue weighted by molar-refractivity contribution is -0.265. The van der Waals surface area contributed by atoms with Crippen molar-refractivity contribution in [3.8, 4) is 0 Å². The molecule has 19 heavy (non-hydrogen) atoms. The molecule has 5 heteroatoms. The first-order valence-electron chi connectivity index (χ1n) is 7.22. The molecule has 0 aromatic rings. The fourth-order valence-corrected chi connectivity index (χ4v) is 5.97. The molecule has 1 spiro atoms. The van der Waals surface area contributed by atoms with Crippen molar-refractivity contribution in [3.05, 3.63) is 0 Å². The molecule has 0 aliphatic heterocycles. The normalized spacial score (nSPS) is 54.3. The Kier molecular flexibility index (Phi) is 2.47. The van der Waals surface area contributed by atoms with Crippen molar-refractivity contribution in [3.63, 3.8) is 0 Å². The number of thiol groups is 1. The first-order valence-corrected chi connectivity index (χ1v) is 7.67. The monoisotopic (exact) mass is 290 g/mol. The van der Waals surface area contributed by atoms with Crippen molar-refractivity contribution >= 4 is 12.6 Å². The largest absolute Gasteiger partial charge is 0.390 e. The lowest BCUT2D eigenvalue weighted by Crippen LogP contribution is -2.68. The highest BCUT2D eigenvalue weighted by molar-refractivity contribution is 7.81. The number of hydrogen-bond donors (Lipinski definition) is 2. The van der Waals surface area contributed by atoms with Crippen molar-refractivity contribution in [1.82, 2.24) is 0 Å². The van der Waals surface area contributed by atoms with E-state index in [1.807, 2.05) is 0 Å². The number of ether oxygens (including phenoxy) is 1. The quantitative estimate of drug-likeness (QED) is 0.780.